The fourth-order valence-corrected chi connectivity index (χ4v) is 10.5. The lowest BCUT2D eigenvalue weighted by molar-refractivity contribution is 0.160. The average molecular weight is 930 g/mol. The summed E-state index contributed by atoms with van der Waals surface area (Å²) in [5.74, 6) is 3.43. The van der Waals surface area contributed by atoms with E-state index >= 15 is 0 Å². The Labute approximate surface area is 401 Å². The number of benzene rings is 3. The minimum Gasteiger partial charge on any atom is -0.497 e. The second kappa shape index (κ2) is 22.7. The molecular formula is C53H77ClN6O6. The molecule has 2 atom stereocenters. The third-order valence-corrected chi connectivity index (χ3v) is 13.3. The highest BCUT2D eigenvalue weighted by Gasteiger charge is 2.51. The number of aryl methyl sites for hydroxylation is 2. The summed E-state index contributed by atoms with van der Waals surface area (Å²) in [7, 11) is 6.69. The number of allylic oxidation sites excluding steroid dienone is 2. The van der Waals surface area contributed by atoms with Crippen LogP contribution in [0.1, 0.15) is 131 Å². The Morgan fingerprint density at radius 1 is 0.606 bits per heavy atom. The van der Waals surface area contributed by atoms with Crippen LogP contribution in [-0.4, -0.2) is 92.5 Å². The van der Waals surface area contributed by atoms with Gasteiger partial charge in [0.2, 0.25) is 0 Å². The predicted octanol–water partition coefficient (Wildman–Crippen LogP) is 10.5. The van der Waals surface area contributed by atoms with Crippen molar-refractivity contribution in [2.45, 2.75) is 136 Å². The van der Waals surface area contributed by atoms with E-state index in [9.17, 15) is 9.59 Å². The van der Waals surface area contributed by atoms with Gasteiger partial charge in [-0.1, -0.05) is 95.9 Å². The zero-order chi connectivity index (χ0) is 47.1. The standard InChI is InChI=1S/C28H35N3O3.C19H25N3O3.2C3H8.ClH/c1-18-10-19(2)12-21(11-18)16-30-8-6-28(7-9-30)25-13-20(3)26-22(17-31(25)27(32)29-28)14-23(33-4)15-24(26)34-5;1-12-8-16-19(4-6-20-7-5-19)21-18(23)22(16)11-13-9-14(24-2)10-15(25-3)17(12)13;2*1-3-2;/h10-15,20H,6-9,16-17H2,1-5H3,(H,29,32);8-10,12,20H,4-7,11H2,1-3H3,(H,21,23);2*3H2,1-2H3;1H/t20-;12-;;;/m00.../s1. The third-order valence-electron chi connectivity index (χ3n) is 13.3. The van der Waals surface area contributed by atoms with Crippen LogP contribution in [0.25, 0.3) is 0 Å². The first kappa shape index (κ1) is 52.1. The van der Waals surface area contributed by atoms with Crippen molar-refractivity contribution >= 4 is 24.5 Å². The van der Waals surface area contributed by atoms with E-state index in [0.29, 0.717) is 13.1 Å². The Balaban J connectivity index is 0.000000226. The number of likely N-dealkylation sites (tertiary alicyclic amines) is 1. The number of nitrogens with zero attached hydrogens (tertiary/aromatic N) is 3. The third kappa shape index (κ3) is 10.9. The van der Waals surface area contributed by atoms with Crippen molar-refractivity contribution in [1.29, 1.82) is 0 Å². The summed E-state index contributed by atoms with van der Waals surface area (Å²) >= 11 is 0. The lowest BCUT2D eigenvalue weighted by atomic mass is 9.83. The fraction of sp³-hybridized carbons (Fsp3) is 0.547. The second-order valence-electron chi connectivity index (χ2n) is 18.6. The van der Waals surface area contributed by atoms with Gasteiger partial charge in [0.1, 0.15) is 23.0 Å². The first-order valence-electron chi connectivity index (χ1n) is 23.9. The largest absolute Gasteiger partial charge is 0.497 e. The molecule has 12 nitrogen and oxygen atoms in total. The van der Waals surface area contributed by atoms with Crippen LogP contribution in [0, 0.1) is 13.8 Å². The minimum absolute atomic E-state index is 0. The van der Waals surface area contributed by atoms with Crippen molar-refractivity contribution in [2.24, 2.45) is 0 Å². The molecule has 362 valence electrons. The number of amides is 4. The number of carbonyl (C=O) groups excluding carboxylic acids is 2. The molecule has 3 N–H and O–H groups in total. The van der Waals surface area contributed by atoms with E-state index in [0.717, 1.165) is 115 Å². The molecule has 0 saturated carbocycles. The molecule has 3 aromatic carbocycles. The molecule has 6 aliphatic rings. The van der Waals surface area contributed by atoms with Crippen molar-refractivity contribution in [3.63, 3.8) is 0 Å². The Hall–Kier alpha value is -4.91. The van der Waals surface area contributed by atoms with Crippen molar-refractivity contribution in [3.8, 4) is 23.0 Å². The first-order valence-corrected chi connectivity index (χ1v) is 23.9. The predicted molar refractivity (Wildman–Crippen MR) is 267 cm³/mol. The van der Waals surface area contributed by atoms with E-state index in [1.807, 2.05) is 34.1 Å². The molecular weight excluding hydrogens is 852 g/mol. The molecule has 0 bridgehead atoms. The maximum atomic E-state index is 13.2. The van der Waals surface area contributed by atoms with E-state index < -0.39 is 0 Å². The van der Waals surface area contributed by atoms with Gasteiger partial charge in [0, 0.05) is 66.1 Å². The van der Waals surface area contributed by atoms with Crippen LogP contribution in [0.3, 0.4) is 0 Å². The van der Waals surface area contributed by atoms with Gasteiger partial charge < -0.3 is 34.9 Å². The highest BCUT2D eigenvalue weighted by Crippen LogP contribution is 2.47. The number of carbonyl (C=O) groups is 2. The van der Waals surface area contributed by atoms with Crippen LogP contribution in [0.4, 0.5) is 9.59 Å². The van der Waals surface area contributed by atoms with Crippen LogP contribution in [0.2, 0.25) is 0 Å². The maximum Gasteiger partial charge on any atom is 0.322 e. The van der Waals surface area contributed by atoms with E-state index in [4.69, 9.17) is 18.9 Å². The SMILES string of the molecule is CCC.CCC.COc1cc2c(c(OC)c1)[C@@H](C)C=C1N(C2)C(=O)NC12CCN(Cc1cc(C)cc(C)c1)CC2.COc1cc2c(c(OC)c1)[C@@H](C)C=C1N(C2)C(=O)NC12CCNCC2.Cl. The monoisotopic (exact) mass is 929 g/mol. The quantitative estimate of drug-likeness (QED) is 0.224. The zero-order valence-electron chi connectivity index (χ0n) is 41.7. The number of rotatable bonds is 6. The maximum absolute atomic E-state index is 13.2. The van der Waals surface area contributed by atoms with Gasteiger partial charge in [-0.15, -0.1) is 12.4 Å². The number of nitrogens with one attached hydrogen (secondary N) is 3. The van der Waals surface area contributed by atoms with Crippen molar-refractivity contribution in [3.05, 3.63) is 105 Å². The molecule has 66 heavy (non-hydrogen) atoms. The summed E-state index contributed by atoms with van der Waals surface area (Å²) in [4.78, 5) is 32.3. The number of halogens is 1. The number of hydrogen-bond acceptors (Lipinski definition) is 8. The van der Waals surface area contributed by atoms with Gasteiger partial charge in [0.15, 0.2) is 0 Å². The molecule has 0 radical (unpaired) electrons. The number of piperidine rings is 2. The summed E-state index contributed by atoms with van der Waals surface area (Å²) in [5, 5.41) is 10.0. The summed E-state index contributed by atoms with van der Waals surface area (Å²) < 4.78 is 22.3. The lowest BCUT2D eigenvalue weighted by Gasteiger charge is -2.40. The summed E-state index contributed by atoms with van der Waals surface area (Å²) in [6.45, 7) is 23.0. The topological polar surface area (TPSA) is 117 Å². The summed E-state index contributed by atoms with van der Waals surface area (Å²) in [6, 6.07) is 14.7. The number of hydrogen-bond donors (Lipinski definition) is 3. The Kier molecular flexibility index (Phi) is 17.9. The highest BCUT2D eigenvalue weighted by atomic mass is 35.5. The summed E-state index contributed by atoms with van der Waals surface area (Å²) in [6.07, 6.45) is 10.7. The number of ether oxygens (including phenoxy) is 4. The molecule has 9 rings (SSSR count). The highest BCUT2D eigenvalue weighted by molar-refractivity contribution is 5.85. The first-order chi connectivity index (χ1) is 31.2. The fourth-order valence-electron chi connectivity index (χ4n) is 10.5. The van der Waals surface area contributed by atoms with Gasteiger partial charge >= 0.3 is 12.1 Å². The van der Waals surface area contributed by atoms with Gasteiger partial charge in [-0.25, -0.2) is 9.59 Å². The minimum atomic E-state index is -0.302. The van der Waals surface area contributed by atoms with Gasteiger partial charge in [-0.05, 0) is 81.4 Å². The van der Waals surface area contributed by atoms with Crippen LogP contribution in [0.5, 0.6) is 23.0 Å². The van der Waals surface area contributed by atoms with Gasteiger partial charge in [-0.3, -0.25) is 14.7 Å². The van der Waals surface area contributed by atoms with Crippen molar-refractivity contribution < 1.29 is 28.5 Å². The van der Waals surface area contributed by atoms with E-state index in [-0.39, 0.29) is 47.4 Å². The Bertz CT molecular complexity index is 2210. The molecule has 0 aromatic heterocycles. The van der Waals surface area contributed by atoms with Crippen LogP contribution in [0.15, 0.2) is 66.0 Å². The molecule has 4 saturated heterocycles. The molecule has 0 unspecified atom stereocenters. The van der Waals surface area contributed by atoms with Gasteiger partial charge in [-0.2, -0.15) is 0 Å². The molecule has 3 aromatic rings. The van der Waals surface area contributed by atoms with Crippen LogP contribution < -0.4 is 34.9 Å². The van der Waals surface area contributed by atoms with E-state index in [1.165, 1.54) is 29.5 Å². The molecule has 0 aliphatic carbocycles. The zero-order valence-corrected chi connectivity index (χ0v) is 42.6. The lowest BCUT2D eigenvalue weighted by Crippen LogP contribution is -2.51. The molecule has 13 heteroatoms. The van der Waals surface area contributed by atoms with Gasteiger partial charge in [0.25, 0.3) is 0 Å². The van der Waals surface area contributed by atoms with Crippen molar-refractivity contribution in [2.75, 3.05) is 54.6 Å². The molecule has 2 spiro atoms. The normalized spacial score (nSPS) is 20.7. The number of urea groups is 2. The van der Waals surface area contributed by atoms with Crippen LogP contribution in [-0.2, 0) is 19.6 Å². The smallest absolute Gasteiger partial charge is 0.322 e. The Morgan fingerprint density at radius 3 is 1.41 bits per heavy atom. The molecule has 6 aliphatic heterocycles. The molecule has 4 amide bonds. The van der Waals surface area contributed by atoms with Crippen LogP contribution >= 0.6 is 12.4 Å². The van der Waals surface area contributed by atoms with E-state index in [2.05, 4.69) is 107 Å². The summed E-state index contributed by atoms with van der Waals surface area (Å²) in [5.41, 5.74) is 10.1. The number of fused-ring (bicyclic) bond motifs is 6. The van der Waals surface area contributed by atoms with Crippen molar-refractivity contribution in [1.82, 2.24) is 30.7 Å². The van der Waals surface area contributed by atoms with Gasteiger partial charge in [0.05, 0.1) is 52.6 Å². The Morgan fingerprint density at radius 2 is 1.02 bits per heavy atom. The molecule has 4 fully saturated rings. The molecule has 6 heterocycles. The van der Waals surface area contributed by atoms with E-state index in [1.54, 1.807) is 28.4 Å². The number of methoxy groups -OCH3 is 4. The second-order valence-corrected chi connectivity index (χ2v) is 18.6. The average Bonchev–Trinajstić information content (AvgIpc) is 3.49.